The molecule has 16 heteroatoms. The standard InChI is InChI=1S/C41H48FN11O4/c1-48(2)38(56)31-22-25-23-44-39(47-36(25)52(31)26-6-4-5-7-26)45-32-12-8-27(24-43-32)50-18-14-41(15-19-50)16-20-51(21-17-41)29-10-9-28(42)34-35(29)49(3)40(57)53(34)30-11-13-33(54)46-37(30)55/h8-10,12,22-24,26,30H,4-7,11,13-21H2,1-3H3,(H,46,54,55)(H,43,44,45,47)/t30-/m1/s1/i1D3,2D3. The second kappa shape index (κ2) is 14.3. The molecule has 15 nitrogen and oxygen atoms in total. The van der Waals surface area contributed by atoms with Crippen LogP contribution in [0, 0.1) is 11.2 Å². The fourth-order valence-electron chi connectivity index (χ4n) is 9.53. The zero-order chi connectivity index (χ0) is 44.6. The Hall–Kier alpha value is -5.80. The van der Waals surface area contributed by atoms with Gasteiger partial charge in [-0.05, 0) is 80.7 Å². The van der Waals surface area contributed by atoms with Gasteiger partial charge in [0.05, 0.1) is 23.1 Å². The van der Waals surface area contributed by atoms with Crippen LogP contribution in [0.1, 0.15) is 95.0 Å². The third kappa shape index (κ3) is 6.48. The van der Waals surface area contributed by atoms with Crippen LogP contribution in [-0.2, 0) is 16.6 Å². The number of pyridine rings is 1. The van der Waals surface area contributed by atoms with Crippen molar-refractivity contribution in [3.05, 3.63) is 64.7 Å². The van der Waals surface area contributed by atoms with E-state index in [1.54, 1.807) is 23.9 Å². The Morgan fingerprint density at radius 2 is 1.67 bits per heavy atom. The van der Waals surface area contributed by atoms with Crippen molar-refractivity contribution in [2.75, 3.05) is 55.2 Å². The molecular weight excluding hydrogens is 730 g/mol. The fourth-order valence-corrected chi connectivity index (χ4v) is 9.53. The lowest BCUT2D eigenvalue weighted by Crippen LogP contribution is -2.47. The predicted molar refractivity (Wildman–Crippen MR) is 214 cm³/mol. The van der Waals surface area contributed by atoms with Gasteiger partial charge in [-0.2, -0.15) is 4.98 Å². The molecule has 1 aliphatic carbocycles. The van der Waals surface area contributed by atoms with Gasteiger partial charge in [0, 0.05) is 79.4 Å². The third-order valence-corrected chi connectivity index (χ3v) is 12.7. The Morgan fingerprint density at radius 3 is 2.35 bits per heavy atom. The van der Waals surface area contributed by atoms with Crippen molar-refractivity contribution in [2.24, 2.45) is 12.5 Å². The summed E-state index contributed by atoms with van der Waals surface area (Å²) in [4.78, 5) is 70.0. The van der Waals surface area contributed by atoms with Crippen molar-refractivity contribution >= 4 is 62.9 Å². The number of imide groups is 1. The van der Waals surface area contributed by atoms with Crippen LogP contribution in [0.15, 0.2) is 47.5 Å². The highest BCUT2D eigenvalue weighted by atomic mass is 19.1. The van der Waals surface area contributed by atoms with E-state index in [4.69, 9.17) is 13.2 Å². The minimum atomic E-state index is -3.19. The van der Waals surface area contributed by atoms with E-state index in [1.807, 2.05) is 12.1 Å². The number of amides is 3. The molecule has 4 aliphatic rings. The minimum absolute atomic E-state index is 0.0188. The maximum absolute atomic E-state index is 15.5. The maximum atomic E-state index is 15.5. The summed E-state index contributed by atoms with van der Waals surface area (Å²) in [6, 6.07) is 7.19. The summed E-state index contributed by atoms with van der Waals surface area (Å²) in [6.45, 7) is -3.27. The molecule has 1 atom stereocenters. The number of nitrogens with zero attached hydrogens (tertiary/aromatic N) is 9. The molecule has 7 heterocycles. The highest BCUT2D eigenvalue weighted by Crippen LogP contribution is 2.44. The topological polar surface area (TPSA) is 156 Å². The number of imidazole rings is 1. The van der Waals surface area contributed by atoms with Gasteiger partial charge in [0.15, 0.2) is 0 Å². The van der Waals surface area contributed by atoms with Gasteiger partial charge in [-0.25, -0.2) is 19.2 Å². The first-order chi connectivity index (χ1) is 29.9. The van der Waals surface area contributed by atoms with Crippen molar-refractivity contribution < 1.29 is 27.0 Å². The van der Waals surface area contributed by atoms with Crippen molar-refractivity contribution in [2.45, 2.75) is 76.3 Å². The Balaban J connectivity index is 0.863. The first-order valence-electron chi connectivity index (χ1n) is 22.6. The summed E-state index contributed by atoms with van der Waals surface area (Å²) in [5.41, 5.74) is 2.16. The van der Waals surface area contributed by atoms with E-state index >= 15 is 4.39 Å². The summed E-state index contributed by atoms with van der Waals surface area (Å²) >= 11 is 0. The zero-order valence-corrected chi connectivity index (χ0v) is 31.6. The fraction of sp³-hybridized carbons (Fsp3) is 0.488. The van der Waals surface area contributed by atoms with Crippen LogP contribution >= 0.6 is 0 Å². The van der Waals surface area contributed by atoms with Gasteiger partial charge >= 0.3 is 5.69 Å². The lowest BCUT2D eigenvalue weighted by atomic mass is 9.71. The van der Waals surface area contributed by atoms with Crippen molar-refractivity contribution in [3.63, 3.8) is 0 Å². The van der Waals surface area contributed by atoms with E-state index in [9.17, 15) is 19.2 Å². The molecule has 57 heavy (non-hydrogen) atoms. The Kier molecular flexibility index (Phi) is 7.61. The van der Waals surface area contributed by atoms with Crippen LogP contribution in [0.25, 0.3) is 22.1 Å². The zero-order valence-electron chi connectivity index (χ0n) is 37.6. The number of hydrogen-bond acceptors (Lipinski definition) is 10. The molecule has 4 fully saturated rings. The molecule has 3 saturated heterocycles. The molecule has 0 unspecified atom stereocenters. The van der Waals surface area contributed by atoms with Crippen molar-refractivity contribution in [1.82, 2.24) is 38.9 Å². The second-order valence-corrected chi connectivity index (χ2v) is 15.9. The van der Waals surface area contributed by atoms with E-state index in [0.29, 0.717) is 22.4 Å². The lowest BCUT2D eigenvalue weighted by Gasteiger charge is -2.48. The highest BCUT2D eigenvalue weighted by molar-refractivity contribution is 6.01. The lowest BCUT2D eigenvalue weighted by molar-refractivity contribution is -0.135. The minimum Gasteiger partial charge on any atom is -0.370 e. The monoisotopic (exact) mass is 783 g/mol. The number of nitrogens with one attached hydrogen (secondary N) is 2. The summed E-state index contributed by atoms with van der Waals surface area (Å²) in [7, 11) is 1.59. The number of carbonyl (C=O) groups excluding carboxylic acids is 3. The molecular formula is C41H48FN11O4. The first-order valence-corrected chi connectivity index (χ1v) is 19.6. The number of hydrogen-bond donors (Lipinski definition) is 2. The second-order valence-electron chi connectivity index (χ2n) is 15.9. The number of aryl methyl sites for hydroxylation is 1. The number of benzene rings is 1. The van der Waals surface area contributed by atoms with Crippen molar-refractivity contribution in [1.29, 1.82) is 0 Å². The smallest absolute Gasteiger partial charge is 0.329 e. The molecule has 3 amide bonds. The maximum Gasteiger partial charge on any atom is 0.329 e. The van der Waals surface area contributed by atoms with Crippen LogP contribution < -0.4 is 26.1 Å². The van der Waals surface area contributed by atoms with E-state index < -0.39 is 49.2 Å². The normalized spacial score (nSPS) is 22.2. The van der Waals surface area contributed by atoms with Crippen LogP contribution in [0.3, 0.4) is 0 Å². The molecule has 0 bridgehead atoms. The number of rotatable bonds is 7. The molecule has 3 aliphatic heterocycles. The molecule has 1 spiro atoms. The SMILES string of the molecule is [2H]C([2H])([2H])N(C(=O)c1cc2cnc(Nc3ccc(N4CCC5(CC4)CCN(c4ccc(F)c6c4n(C)c(=O)n6[C@@H]4CCC(=O)NC4=O)CC5)cn3)nc2n1C1CCCC1)C([2H])([2H])[2H]. The largest absolute Gasteiger partial charge is 0.370 e. The predicted octanol–water partition coefficient (Wildman–Crippen LogP) is 5.04. The Labute approximate surface area is 337 Å². The van der Waals surface area contributed by atoms with Crippen LogP contribution in [0.5, 0.6) is 0 Å². The molecule has 1 saturated carbocycles. The van der Waals surface area contributed by atoms with Crippen LogP contribution in [0.4, 0.5) is 27.5 Å². The Morgan fingerprint density at radius 1 is 0.930 bits per heavy atom. The number of halogens is 1. The first kappa shape index (κ1) is 30.4. The third-order valence-electron chi connectivity index (χ3n) is 12.7. The average Bonchev–Trinajstić information content (AvgIpc) is 3.96. The number of aromatic nitrogens is 6. The van der Waals surface area contributed by atoms with Gasteiger partial charge in [-0.3, -0.25) is 28.8 Å². The molecule has 5 aromatic rings. The van der Waals surface area contributed by atoms with Crippen LogP contribution in [-0.4, -0.2) is 91.4 Å². The van der Waals surface area contributed by atoms with E-state index in [0.717, 1.165) is 88.9 Å². The Bertz CT molecular complexity index is 2660. The summed E-state index contributed by atoms with van der Waals surface area (Å²) in [5.74, 6) is -2.03. The summed E-state index contributed by atoms with van der Waals surface area (Å²) in [6.07, 6.45) is 10.6. The van der Waals surface area contributed by atoms with Crippen molar-refractivity contribution in [3.8, 4) is 0 Å². The van der Waals surface area contributed by atoms with Gasteiger partial charge in [-0.15, -0.1) is 0 Å². The quantitative estimate of drug-likeness (QED) is 0.215. The molecule has 4 aromatic heterocycles. The molecule has 0 radical (unpaired) electrons. The molecule has 9 rings (SSSR count). The number of fused-ring (bicyclic) bond motifs is 2. The summed E-state index contributed by atoms with van der Waals surface area (Å²) in [5, 5.41) is 5.90. The molecule has 1 aromatic carbocycles. The molecule has 298 valence electrons. The van der Waals surface area contributed by atoms with E-state index in [2.05, 4.69) is 30.4 Å². The van der Waals surface area contributed by atoms with Gasteiger partial charge in [0.1, 0.15) is 34.5 Å². The van der Waals surface area contributed by atoms with Crippen LogP contribution in [0.2, 0.25) is 0 Å². The number of piperidine rings is 3. The average molecular weight is 784 g/mol. The molecule has 2 N–H and O–H groups in total. The van der Waals surface area contributed by atoms with E-state index in [1.165, 1.54) is 27.5 Å². The van der Waals surface area contributed by atoms with Gasteiger partial charge in [-0.1, -0.05) is 12.8 Å². The number of carbonyl (C=O) groups is 3. The highest BCUT2D eigenvalue weighted by Gasteiger charge is 2.39. The van der Waals surface area contributed by atoms with E-state index in [-0.39, 0.29) is 46.4 Å². The van der Waals surface area contributed by atoms with Gasteiger partial charge < -0.3 is 24.6 Å². The summed E-state index contributed by atoms with van der Waals surface area (Å²) < 4.78 is 66.6. The number of anilines is 4. The van der Waals surface area contributed by atoms with Gasteiger partial charge in [0.2, 0.25) is 17.8 Å². The van der Waals surface area contributed by atoms with Gasteiger partial charge in [0.25, 0.3) is 5.91 Å².